The summed E-state index contributed by atoms with van der Waals surface area (Å²) in [6.07, 6.45) is 4.42. The number of rotatable bonds is 7. The molecular weight excluding hydrogens is 294 g/mol. The minimum atomic E-state index is -0.592. The summed E-state index contributed by atoms with van der Waals surface area (Å²) in [7, 11) is 0. The topological polar surface area (TPSA) is 92.1 Å². The molecule has 7 heteroatoms. The van der Waals surface area contributed by atoms with Gasteiger partial charge < -0.3 is 15.7 Å². The summed E-state index contributed by atoms with van der Waals surface area (Å²) in [6, 6.07) is 7.21. The Morgan fingerprint density at radius 3 is 2.65 bits per heavy atom. The molecule has 124 valence electrons. The van der Waals surface area contributed by atoms with Gasteiger partial charge in [-0.2, -0.15) is 5.10 Å². The van der Waals surface area contributed by atoms with E-state index < -0.39 is 5.54 Å². The van der Waals surface area contributed by atoms with Crippen molar-refractivity contribution < 1.29 is 9.90 Å². The lowest BCUT2D eigenvalue weighted by Gasteiger charge is -2.30. The third-order valence-electron chi connectivity index (χ3n) is 4.10. The normalized spacial score (nSPS) is 11.3. The maximum Gasteiger partial charge on any atom is 0.319 e. The molecule has 7 nitrogen and oxygen atoms in total. The molecule has 0 aliphatic carbocycles. The minimum absolute atomic E-state index is 0.0893. The molecule has 0 saturated heterocycles. The minimum Gasteiger partial charge on any atom is -0.394 e. The Balaban J connectivity index is 2.09. The highest BCUT2D eigenvalue weighted by molar-refractivity contribution is 5.90. The lowest BCUT2D eigenvalue weighted by atomic mass is 9.94. The van der Waals surface area contributed by atoms with Crippen molar-refractivity contribution in [3.8, 4) is 0 Å². The average molecular weight is 317 g/mol. The number of urea groups is 1. The van der Waals surface area contributed by atoms with Crippen LogP contribution in [0.2, 0.25) is 0 Å². The third kappa shape index (κ3) is 4.29. The number of anilines is 1. The highest BCUT2D eigenvalue weighted by Gasteiger charge is 2.27. The second-order valence-electron chi connectivity index (χ2n) is 5.47. The first kappa shape index (κ1) is 17.0. The van der Waals surface area contributed by atoms with Gasteiger partial charge in [-0.25, -0.2) is 14.5 Å². The number of para-hydroxylation sites is 1. The third-order valence-corrected chi connectivity index (χ3v) is 4.10. The Morgan fingerprint density at radius 2 is 2.04 bits per heavy atom. The first-order valence-corrected chi connectivity index (χ1v) is 7.73. The van der Waals surface area contributed by atoms with Crippen LogP contribution in [0.3, 0.4) is 0 Å². The second-order valence-corrected chi connectivity index (χ2v) is 5.47. The van der Waals surface area contributed by atoms with Crippen molar-refractivity contribution in [3.05, 3.63) is 42.5 Å². The zero-order valence-corrected chi connectivity index (χ0v) is 13.5. The summed E-state index contributed by atoms with van der Waals surface area (Å²) in [5.74, 6) is 0. The van der Waals surface area contributed by atoms with Gasteiger partial charge in [-0.3, -0.25) is 0 Å². The van der Waals surface area contributed by atoms with Gasteiger partial charge in [-0.05, 0) is 24.5 Å². The van der Waals surface area contributed by atoms with E-state index in [1.54, 1.807) is 11.0 Å². The van der Waals surface area contributed by atoms with Gasteiger partial charge >= 0.3 is 6.03 Å². The van der Waals surface area contributed by atoms with Crippen molar-refractivity contribution in [2.75, 3.05) is 11.9 Å². The standard InChI is InChI=1S/C16H23N5O2/c1-3-16(4-2,10-22)20-15(23)19-14-8-6-5-7-13(14)9-21-12-17-11-18-21/h5-8,11-12,22H,3-4,9-10H2,1-2H3,(H2,19,20,23). The predicted molar refractivity (Wildman–Crippen MR) is 88.1 cm³/mol. The lowest BCUT2D eigenvalue weighted by Crippen LogP contribution is -2.52. The van der Waals surface area contributed by atoms with Gasteiger partial charge in [0.15, 0.2) is 0 Å². The molecular formula is C16H23N5O2. The first-order valence-electron chi connectivity index (χ1n) is 7.73. The van der Waals surface area contributed by atoms with Crippen molar-refractivity contribution >= 4 is 11.7 Å². The van der Waals surface area contributed by atoms with Crippen molar-refractivity contribution in [1.29, 1.82) is 0 Å². The van der Waals surface area contributed by atoms with Gasteiger partial charge in [-0.1, -0.05) is 32.0 Å². The zero-order valence-electron chi connectivity index (χ0n) is 13.5. The Bertz CT molecular complexity index is 615. The van der Waals surface area contributed by atoms with Gasteiger partial charge in [0.25, 0.3) is 0 Å². The number of carbonyl (C=O) groups excluding carboxylic acids is 1. The summed E-state index contributed by atoms with van der Waals surface area (Å²) in [5.41, 5.74) is 1.04. The fraction of sp³-hybridized carbons (Fsp3) is 0.438. The number of aromatic nitrogens is 3. The number of aliphatic hydroxyl groups excluding tert-OH is 1. The van der Waals surface area contributed by atoms with E-state index in [0.717, 1.165) is 5.56 Å². The number of aliphatic hydroxyl groups is 1. The smallest absolute Gasteiger partial charge is 0.319 e. The first-order chi connectivity index (χ1) is 11.1. The molecule has 0 atom stereocenters. The summed E-state index contributed by atoms with van der Waals surface area (Å²) in [6.45, 7) is 4.31. The molecule has 1 aromatic carbocycles. The molecule has 2 amide bonds. The second kappa shape index (κ2) is 7.73. The van der Waals surface area contributed by atoms with Crippen LogP contribution in [0.1, 0.15) is 32.3 Å². The van der Waals surface area contributed by atoms with Gasteiger partial charge in [0.2, 0.25) is 0 Å². The Labute approximate surface area is 135 Å². The van der Waals surface area contributed by atoms with Crippen molar-refractivity contribution in [2.24, 2.45) is 0 Å². The summed E-state index contributed by atoms with van der Waals surface area (Å²) < 4.78 is 1.69. The van der Waals surface area contributed by atoms with Crippen molar-refractivity contribution in [2.45, 2.75) is 38.8 Å². The number of carbonyl (C=O) groups is 1. The predicted octanol–water partition coefficient (Wildman–Crippen LogP) is 2.00. The largest absolute Gasteiger partial charge is 0.394 e. The number of benzene rings is 1. The van der Waals surface area contributed by atoms with Crippen LogP contribution < -0.4 is 10.6 Å². The molecule has 0 bridgehead atoms. The van der Waals surface area contributed by atoms with Gasteiger partial charge in [-0.15, -0.1) is 0 Å². The fourth-order valence-corrected chi connectivity index (χ4v) is 2.35. The van der Waals surface area contributed by atoms with E-state index in [-0.39, 0.29) is 12.6 Å². The van der Waals surface area contributed by atoms with Crippen LogP contribution in [0.15, 0.2) is 36.9 Å². The number of nitrogens with one attached hydrogen (secondary N) is 2. The van der Waals surface area contributed by atoms with E-state index >= 15 is 0 Å². The Kier molecular flexibility index (Phi) is 5.70. The molecule has 3 N–H and O–H groups in total. The molecule has 1 aromatic heterocycles. The molecule has 0 unspecified atom stereocenters. The van der Waals surface area contributed by atoms with E-state index in [4.69, 9.17) is 0 Å². The average Bonchev–Trinajstić information content (AvgIpc) is 3.08. The van der Waals surface area contributed by atoms with E-state index in [1.807, 2.05) is 38.1 Å². The number of amides is 2. The van der Waals surface area contributed by atoms with Crippen LogP contribution in [0.25, 0.3) is 0 Å². The SMILES string of the molecule is CCC(CC)(CO)NC(=O)Nc1ccccc1Cn1cncn1. The Morgan fingerprint density at radius 1 is 1.30 bits per heavy atom. The molecule has 0 aliphatic heterocycles. The molecule has 0 saturated carbocycles. The van der Waals surface area contributed by atoms with Crippen LogP contribution in [0.5, 0.6) is 0 Å². The van der Waals surface area contributed by atoms with Crippen LogP contribution in [-0.4, -0.2) is 38.0 Å². The highest BCUT2D eigenvalue weighted by Crippen LogP contribution is 2.18. The number of hydrogen-bond acceptors (Lipinski definition) is 4. The summed E-state index contributed by atoms with van der Waals surface area (Å²) >= 11 is 0. The zero-order chi connectivity index (χ0) is 16.7. The van der Waals surface area contributed by atoms with Crippen LogP contribution in [0.4, 0.5) is 10.5 Å². The number of hydrogen-bond donors (Lipinski definition) is 3. The van der Waals surface area contributed by atoms with Gasteiger partial charge in [0, 0.05) is 5.69 Å². The molecule has 23 heavy (non-hydrogen) atoms. The van der Waals surface area contributed by atoms with Crippen LogP contribution in [0, 0.1) is 0 Å². The quantitative estimate of drug-likeness (QED) is 0.728. The monoisotopic (exact) mass is 317 g/mol. The highest BCUT2D eigenvalue weighted by atomic mass is 16.3. The maximum atomic E-state index is 12.3. The molecule has 0 fully saturated rings. The van der Waals surface area contributed by atoms with E-state index in [1.165, 1.54) is 6.33 Å². The van der Waals surface area contributed by atoms with Crippen LogP contribution in [-0.2, 0) is 6.54 Å². The van der Waals surface area contributed by atoms with E-state index in [2.05, 4.69) is 20.7 Å². The molecule has 1 heterocycles. The summed E-state index contributed by atoms with van der Waals surface area (Å²) in [5, 5.41) is 19.4. The van der Waals surface area contributed by atoms with Crippen molar-refractivity contribution in [3.63, 3.8) is 0 Å². The van der Waals surface area contributed by atoms with Crippen LogP contribution >= 0.6 is 0 Å². The molecule has 0 spiro atoms. The van der Waals surface area contributed by atoms with E-state index in [9.17, 15) is 9.90 Å². The van der Waals surface area contributed by atoms with E-state index in [0.29, 0.717) is 25.1 Å². The van der Waals surface area contributed by atoms with Gasteiger partial charge in [0.1, 0.15) is 12.7 Å². The summed E-state index contributed by atoms with van der Waals surface area (Å²) in [4.78, 5) is 16.2. The maximum absolute atomic E-state index is 12.3. The molecule has 2 rings (SSSR count). The fourth-order valence-electron chi connectivity index (χ4n) is 2.35. The molecule has 0 radical (unpaired) electrons. The Hall–Kier alpha value is -2.41. The van der Waals surface area contributed by atoms with Crippen molar-refractivity contribution in [1.82, 2.24) is 20.1 Å². The lowest BCUT2D eigenvalue weighted by molar-refractivity contribution is 0.155. The number of nitrogens with zero attached hydrogens (tertiary/aromatic N) is 3. The van der Waals surface area contributed by atoms with Gasteiger partial charge in [0.05, 0.1) is 18.7 Å². The molecule has 0 aliphatic rings. The molecule has 2 aromatic rings.